The van der Waals surface area contributed by atoms with Gasteiger partial charge in [-0.05, 0) is 51.0 Å². The molecule has 0 aromatic carbocycles. The number of nitrogens with zero attached hydrogens (tertiary/aromatic N) is 5. The minimum Gasteiger partial charge on any atom is -0.367 e. The summed E-state index contributed by atoms with van der Waals surface area (Å²) in [7, 11) is 0. The first kappa shape index (κ1) is 17.0. The maximum Gasteiger partial charge on any atom is 0.259 e. The van der Waals surface area contributed by atoms with Crippen LogP contribution in [0, 0.1) is 13.8 Å². The number of anilines is 2. The van der Waals surface area contributed by atoms with E-state index >= 15 is 0 Å². The van der Waals surface area contributed by atoms with E-state index in [0.29, 0.717) is 34.6 Å². The summed E-state index contributed by atoms with van der Waals surface area (Å²) in [5.41, 5.74) is 1.74. The fourth-order valence-electron chi connectivity index (χ4n) is 2.63. The van der Waals surface area contributed by atoms with Gasteiger partial charge in [-0.2, -0.15) is 9.97 Å². The average molecular weight is 361 g/mol. The molecule has 1 fully saturated rings. The van der Waals surface area contributed by atoms with Crippen LogP contribution in [-0.2, 0) is 0 Å². The standard InChI is InChI=1S/C19H19N7O/c1-11-14(8-9-16(21-11)24-13-6-7-13)18(27)26-19-23-12(2)22-17(25-19)15-5-3-4-10-20-15/h3-5,8-10,13H,6-7H2,1-2H3,(H,21,24)(H,22,23,25,26,27). The summed E-state index contributed by atoms with van der Waals surface area (Å²) in [6.07, 6.45) is 4.00. The van der Waals surface area contributed by atoms with E-state index in [-0.39, 0.29) is 11.9 Å². The monoisotopic (exact) mass is 361 g/mol. The van der Waals surface area contributed by atoms with Crippen LogP contribution < -0.4 is 10.6 Å². The summed E-state index contributed by atoms with van der Waals surface area (Å²) >= 11 is 0. The summed E-state index contributed by atoms with van der Waals surface area (Å²) in [6, 6.07) is 9.56. The number of nitrogens with one attached hydrogen (secondary N) is 2. The molecule has 3 heterocycles. The number of aromatic nitrogens is 5. The third-order valence-corrected chi connectivity index (χ3v) is 4.13. The van der Waals surface area contributed by atoms with Crippen LogP contribution in [0.15, 0.2) is 36.5 Å². The van der Waals surface area contributed by atoms with Crippen LogP contribution in [0.5, 0.6) is 0 Å². The molecule has 8 nitrogen and oxygen atoms in total. The molecule has 136 valence electrons. The van der Waals surface area contributed by atoms with E-state index in [4.69, 9.17) is 0 Å². The second-order valence-corrected chi connectivity index (χ2v) is 6.45. The fraction of sp³-hybridized carbons (Fsp3) is 0.263. The second-order valence-electron chi connectivity index (χ2n) is 6.45. The molecule has 1 aliphatic carbocycles. The van der Waals surface area contributed by atoms with Gasteiger partial charge < -0.3 is 5.32 Å². The molecule has 3 aromatic heterocycles. The number of hydrogen-bond donors (Lipinski definition) is 2. The van der Waals surface area contributed by atoms with E-state index in [1.165, 1.54) is 12.8 Å². The van der Waals surface area contributed by atoms with Crippen molar-refractivity contribution in [3.63, 3.8) is 0 Å². The predicted octanol–water partition coefficient (Wildman–Crippen LogP) is 2.77. The SMILES string of the molecule is Cc1nc(NC(=O)c2ccc(NC3CC3)nc2C)nc(-c2ccccn2)n1. The van der Waals surface area contributed by atoms with Crippen LogP contribution in [0.2, 0.25) is 0 Å². The summed E-state index contributed by atoms with van der Waals surface area (Å²) < 4.78 is 0. The highest BCUT2D eigenvalue weighted by molar-refractivity contribution is 6.04. The lowest BCUT2D eigenvalue weighted by Crippen LogP contribution is -2.17. The molecule has 8 heteroatoms. The van der Waals surface area contributed by atoms with Gasteiger partial charge in [0.2, 0.25) is 5.95 Å². The van der Waals surface area contributed by atoms with Gasteiger partial charge in [-0.1, -0.05) is 6.07 Å². The zero-order valence-corrected chi connectivity index (χ0v) is 15.1. The Labute approximate surface area is 156 Å². The van der Waals surface area contributed by atoms with Crippen molar-refractivity contribution in [2.24, 2.45) is 0 Å². The van der Waals surface area contributed by atoms with Gasteiger partial charge in [-0.15, -0.1) is 0 Å². The van der Waals surface area contributed by atoms with E-state index in [1.807, 2.05) is 25.1 Å². The lowest BCUT2D eigenvalue weighted by atomic mass is 10.2. The Bertz CT molecular complexity index is 987. The number of pyridine rings is 2. The highest BCUT2D eigenvalue weighted by Gasteiger charge is 2.22. The van der Waals surface area contributed by atoms with Crippen molar-refractivity contribution in [2.75, 3.05) is 10.6 Å². The van der Waals surface area contributed by atoms with E-state index in [0.717, 1.165) is 5.82 Å². The highest BCUT2D eigenvalue weighted by atomic mass is 16.1. The Hall–Kier alpha value is -3.42. The normalized spacial score (nSPS) is 13.3. The van der Waals surface area contributed by atoms with Crippen LogP contribution >= 0.6 is 0 Å². The molecule has 0 atom stereocenters. The minimum atomic E-state index is -0.310. The zero-order valence-electron chi connectivity index (χ0n) is 15.1. The summed E-state index contributed by atoms with van der Waals surface area (Å²) in [4.78, 5) is 34.2. The van der Waals surface area contributed by atoms with Crippen LogP contribution in [-0.4, -0.2) is 36.9 Å². The van der Waals surface area contributed by atoms with Gasteiger partial charge in [-0.25, -0.2) is 9.97 Å². The van der Waals surface area contributed by atoms with Crippen LogP contribution in [0.3, 0.4) is 0 Å². The van der Waals surface area contributed by atoms with Crippen molar-refractivity contribution in [2.45, 2.75) is 32.7 Å². The molecule has 1 aliphatic rings. The number of rotatable bonds is 5. The molecular weight excluding hydrogens is 342 g/mol. The van der Waals surface area contributed by atoms with Gasteiger partial charge in [0.25, 0.3) is 5.91 Å². The largest absolute Gasteiger partial charge is 0.367 e. The molecule has 3 aromatic rings. The lowest BCUT2D eigenvalue weighted by Gasteiger charge is -2.10. The molecule has 0 radical (unpaired) electrons. The third-order valence-electron chi connectivity index (χ3n) is 4.13. The van der Waals surface area contributed by atoms with Crippen molar-refractivity contribution >= 4 is 17.7 Å². The van der Waals surface area contributed by atoms with Crippen molar-refractivity contribution in [1.82, 2.24) is 24.9 Å². The Morgan fingerprint density at radius 2 is 1.89 bits per heavy atom. The van der Waals surface area contributed by atoms with Gasteiger partial charge in [0.1, 0.15) is 17.3 Å². The number of aryl methyl sites for hydroxylation is 2. The van der Waals surface area contributed by atoms with Gasteiger partial charge in [0, 0.05) is 12.2 Å². The van der Waals surface area contributed by atoms with E-state index in [1.54, 1.807) is 25.3 Å². The quantitative estimate of drug-likeness (QED) is 0.720. The van der Waals surface area contributed by atoms with Gasteiger partial charge >= 0.3 is 0 Å². The van der Waals surface area contributed by atoms with Gasteiger partial charge in [0.05, 0.1) is 11.3 Å². The fourth-order valence-corrected chi connectivity index (χ4v) is 2.63. The molecular formula is C19H19N7O. The maximum atomic E-state index is 12.7. The van der Waals surface area contributed by atoms with E-state index in [9.17, 15) is 4.79 Å². The molecule has 0 saturated heterocycles. The summed E-state index contributed by atoms with van der Waals surface area (Å²) in [5.74, 6) is 1.58. The first-order valence-electron chi connectivity index (χ1n) is 8.78. The van der Waals surface area contributed by atoms with Crippen molar-refractivity contribution in [1.29, 1.82) is 0 Å². The molecule has 27 heavy (non-hydrogen) atoms. The van der Waals surface area contributed by atoms with Crippen molar-refractivity contribution in [3.05, 3.63) is 53.6 Å². The molecule has 0 bridgehead atoms. The number of hydrogen-bond acceptors (Lipinski definition) is 7. The predicted molar refractivity (Wildman–Crippen MR) is 101 cm³/mol. The third kappa shape index (κ3) is 4.05. The smallest absolute Gasteiger partial charge is 0.259 e. The van der Waals surface area contributed by atoms with E-state index in [2.05, 4.69) is 35.6 Å². The lowest BCUT2D eigenvalue weighted by molar-refractivity contribution is 0.102. The van der Waals surface area contributed by atoms with Crippen LogP contribution in [0.1, 0.15) is 34.7 Å². The summed E-state index contributed by atoms with van der Waals surface area (Å²) in [5, 5.41) is 6.06. The molecule has 4 rings (SSSR count). The molecule has 0 unspecified atom stereocenters. The summed E-state index contributed by atoms with van der Waals surface area (Å²) in [6.45, 7) is 3.56. The highest BCUT2D eigenvalue weighted by Crippen LogP contribution is 2.24. The Morgan fingerprint density at radius 1 is 1.04 bits per heavy atom. The number of carbonyl (C=O) groups is 1. The molecule has 2 N–H and O–H groups in total. The van der Waals surface area contributed by atoms with Gasteiger partial charge in [0.15, 0.2) is 5.82 Å². The molecule has 0 aliphatic heterocycles. The van der Waals surface area contributed by atoms with Crippen molar-refractivity contribution < 1.29 is 4.79 Å². The molecule has 0 spiro atoms. The van der Waals surface area contributed by atoms with Crippen LogP contribution in [0.25, 0.3) is 11.5 Å². The number of carbonyl (C=O) groups excluding carboxylic acids is 1. The number of amides is 1. The molecule has 1 saturated carbocycles. The van der Waals surface area contributed by atoms with Crippen molar-refractivity contribution in [3.8, 4) is 11.5 Å². The Kier molecular flexibility index (Phi) is 4.45. The van der Waals surface area contributed by atoms with Gasteiger partial charge in [-0.3, -0.25) is 15.1 Å². The first-order chi connectivity index (χ1) is 13.1. The zero-order chi connectivity index (χ0) is 18.8. The second kappa shape index (κ2) is 7.06. The first-order valence-corrected chi connectivity index (χ1v) is 8.78. The molecule has 1 amide bonds. The Balaban J connectivity index is 1.55. The topological polar surface area (TPSA) is 106 Å². The maximum absolute atomic E-state index is 12.7. The van der Waals surface area contributed by atoms with E-state index < -0.39 is 0 Å². The average Bonchev–Trinajstić information content (AvgIpc) is 3.46. The van der Waals surface area contributed by atoms with Crippen LogP contribution in [0.4, 0.5) is 11.8 Å². The minimum absolute atomic E-state index is 0.188. The Morgan fingerprint density at radius 3 is 2.59 bits per heavy atom.